The second-order valence-electron chi connectivity index (χ2n) is 7.11. The summed E-state index contributed by atoms with van der Waals surface area (Å²) in [6.07, 6.45) is 0.714. The van der Waals surface area contributed by atoms with E-state index in [4.69, 9.17) is 5.73 Å². The molecule has 2 aromatic rings. The highest BCUT2D eigenvalue weighted by atomic mass is 16.3. The molecule has 0 bridgehead atoms. The van der Waals surface area contributed by atoms with Crippen LogP contribution in [0, 0.1) is 0 Å². The van der Waals surface area contributed by atoms with Gasteiger partial charge in [-0.25, -0.2) is 0 Å². The van der Waals surface area contributed by atoms with Gasteiger partial charge in [0.25, 0.3) is 0 Å². The van der Waals surface area contributed by atoms with Crippen molar-refractivity contribution in [3.8, 4) is 5.75 Å². The number of benzene rings is 2. The first-order valence-electron chi connectivity index (χ1n) is 9.89. The van der Waals surface area contributed by atoms with Crippen molar-refractivity contribution in [2.75, 3.05) is 19.7 Å². The van der Waals surface area contributed by atoms with Gasteiger partial charge >= 0.3 is 0 Å². The Labute approximate surface area is 180 Å². The van der Waals surface area contributed by atoms with E-state index in [9.17, 15) is 24.6 Å². The molecule has 0 saturated carbocycles. The zero-order valence-corrected chi connectivity index (χ0v) is 17.1. The Bertz CT molecular complexity index is 858. The Hall–Kier alpha value is -3.43. The van der Waals surface area contributed by atoms with Gasteiger partial charge in [-0.15, -0.1) is 0 Å². The van der Waals surface area contributed by atoms with Crippen LogP contribution in [-0.4, -0.2) is 59.7 Å². The van der Waals surface area contributed by atoms with E-state index >= 15 is 0 Å². The van der Waals surface area contributed by atoms with Crippen molar-refractivity contribution >= 4 is 17.7 Å². The van der Waals surface area contributed by atoms with Gasteiger partial charge in [0.2, 0.25) is 17.7 Å². The Morgan fingerprint density at radius 3 is 2.10 bits per heavy atom. The van der Waals surface area contributed by atoms with Gasteiger partial charge in [-0.1, -0.05) is 42.5 Å². The standard InChI is InChI=1S/C22H28N4O5/c23-19(11-16-6-8-18(28)9-7-16)22(31)25-12-20(29)24-13-21(30)26-17(14-27)10-15-4-2-1-3-5-15/h1-9,17,19,27-28H,10-14,23H2,(H,24,29)(H,25,31)(H,26,30)/t17-,19-/m0/s1. The molecule has 0 radical (unpaired) electrons. The van der Waals surface area contributed by atoms with Crippen molar-refractivity contribution in [1.82, 2.24) is 16.0 Å². The van der Waals surface area contributed by atoms with Crippen LogP contribution in [0.2, 0.25) is 0 Å². The number of aliphatic hydroxyl groups is 1. The topological polar surface area (TPSA) is 154 Å². The highest BCUT2D eigenvalue weighted by Gasteiger charge is 2.16. The highest BCUT2D eigenvalue weighted by Crippen LogP contribution is 2.10. The fourth-order valence-electron chi connectivity index (χ4n) is 2.86. The van der Waals surface area contributed by atoms with E-state index in [0.29, 0.717) is 6.42 Å². The minimum atomic E-state index is -0.857. The molecule has 0 aromatic heterocycles. The zero-order chi connectivity index (χ0) is 22.6. The van der Waals surface area contributed by atoms with Crippen molar-refractivity contribution in [1.29, 1.82) is 0 Å². The molecule has 0 saturated heterocycles. The normalized spacial score (nSPS) is 12.5. The van der Waals surface area contributed by atoms with Crippen molar-refractivity contribution in [2.24, 2.45) is 5.73 Å². The first kappa shape index (κ1) is 23.8. The molecule has 2 aromatic carbocycles. The van der Waals surface area contributed by atoms with Crippen LogP contribution >= 0.6 is 0 Å². The molecule has 7 N–H and O–H groups in total. The SMILES string of the molecule is N[C@@H](Cc1ccc(O)cc1)C(=O)NCC(=O)NCC(=O)N[C@H](CO)Cc1ccccc1. The molecule has 0 fully saturated rings. The number of phenols is 1. The van der Waals surface area contributed by atoms with Gasteiger partial charge in [-0.3, -0.25) is 14.4 Å². The number of nitrogens with one attached hydrogen (secondary N) is 3. The molecule has 2 rings (SSSR count). The Morgan fingerprint density at radius 2 is 1.45 bits per heavy atom. The smallest absolute Gasteiger partial charge is 0.239 e. The number of aromatic hydroxyl groups is 1. The monoisotopic (exact) mass is 428 g/mol. The average molecular weight is 428 g/mol. The fourth-order valence-corrected chi connectivity index (χ4v) is 2.86. The van der Waals surface area contributed by atoms with Crippen LogP contribution in [0.25, 0.3) is 0 Å². The molecular formula is C22H28N4O5. The van der Waals surface area contributed by atoms with Gasteiger partial charge in [0.1, 0.15) is 5.75 Å². The summed E-state index contributed by atoms with van der Waals surface area (Å²) in [7, 11) is 0. The van der Waals surface area contributed by atoms with Crippen LogP contribution < -0.4 is 21.7 Å². The summed E-state index contributed by atoms with van der Waals surface area (Å²) < 4.78 is 0. The molecule has 31 heavy (non-hydrogen) atoms. The molecule has 166 valence electrons. The van der Waals surface area contributed by atoms with Gasteiger partial charge in [-0.05, 0) is 36.1 Å². The molecule has 0 aliphatic heterocycles. The number of hydrogen-bond acceptors (Lipinski definition) is 6. The second kappa shape index (κ2) is 12.3. The summed E-state index contributed by atoms with van der Waals surface area (Å²) >= 11 is 0. The number of carbonyl (C=O) groups excluding carboxylic acids is 3. The van der Waals surface area contributed by atoms with Gasteiger partial charge in [-0.2, -0.15) is 0 Å². The van der Waals surface area contributed by atoms with E-state index in [-0.39, 0.29) is 31.9 Å². The third-order valence-corrected chi connectivity index (χ3v) is 4.51. The van der Waals surface area contributed by atoms with Crippen LogP contribution in [0.5, 0.6) is 5.75 Å². The number of amides is 3. The zero-order valence-electron chi connectivity index (χ0n) is 17.1. The lowest BCUT2D eigenvalue weighted by molar-refractivity contribution is -0.128. The maximum atomic E-state index is 12.0. The van der Waals surface area contributed by atoms with Crippen LogP contribution in [0.4, 0.5) is 0 Å². The predicted octanol–water partition coefficient (Wildman–Crippen LogP) is -0.786. The Balaban J connectivity index is 1.67. The number of rotatable bonds is 11. The van der Waals surface area contributed by atoms with E-state index < -0.39 is 29.8 Å². The molecule has 9 nitrogen and oxygen atoms in total. The van der Waals surface area contributed by atoms with Gasteiger partial charge in [0, 0.05) is 0 Å². The summed E-state index contributed by atoms with van der Waals surface area (Å²) in [5.74, 6) is -1.37. The lowest BCUT2D eigenvalue weighted by Gasteiger charge is -2.17. The molecule has 3 amide bonds. The molecule has 2 atom stereocenters. The second-order valence-corrected chi connectivity index (χ2v) is 7.11. The summed E-state index contributed by atoms with van der Waals surface area (Å²) in [4.78, 5) is 36.0. The van der Waals surface area contributed by atoms with Crippen LogP contribution in [0.15, 0.2) is 54.6 Å². The predicted molar refractivity (Wildman–Crippen MR) is 115 cm³/mol. The summed E-state index contributed by atoms with van der Waals surface area (Å²) in [6, 6.07) is 14.4. The summed E-state index contributed by atoms with van der Waals surface area (Å²) in [5, 5.41) is 26.2. The van der Waals surface area contributed by atoms with Crippen LogP contribution in [-0.2, 0) is 27.2 Å². The molecular weight excluding hydrogens is 400 g/mol. The van der Waals surface area contributed by atoms with E-state index in [2.05, 4.69) is 16.0 Å². The van der Waals surface area contributed by atoms with Gasteiger partial charge in [0.05, 0.1) is 31.8 Å². The van der Waals surface area contributed by atoms with Gasteiger partial charge < -0.3 is 31.9 Å². The number of nitrogens with two attached hydrogens (primary N) is 1. The van der Waals surface area contributed by atoms with E-state index in [1.54, 1.807) is 12.1 Å². The molecule has 9 heteroatoms. The first-order valence-corrected chi connectivity index (χ1v) is 9.89. The molecule has 0 spiro atoms. The Kier molecular flexibility index (Phi) is 9.47. The lowest BCUT2D eigenvalue weighted by Crippen LogP contribution is -2.48. The number of hydrogen-bond donors (Lipinski definition) is 6. The van der Waals surface area contributed by atoms with Crippen LogP contribution in [0.1, 0.15) is 11.1 Å². The lowest BCUT2D eigenvalue weighted by atomic mass is 10.1. The fraction of sp³-hybridized carbons (Fsp3) is 0.318. The van der Waals surface area contributed by atoms with Crippen molar-refractivity contribution in [2.45, 2.75) is 24.9 Å². The van der Waals surface area contributed by atoms with Crippen molar-refractivity contribution in [3.63, 3.8) is 0 Å². The van der Waals surface area contributed by atoms with Crippen molar-refractivity contribution < 1.29 is 24.6 Å². The number of aliphatic hydroxyl groups excluding tert-OH is 1. The largest absolute Gasteiger partial charge is 0.508 e. The highest BCUT2D eigenvalue weighted by molar-refractivity contribution is 5.89. The van der Waals surface area contributed by atoms with E-state index in [0.717, 1.165) is 11.1 Å². The minimum absolute atomic E-state index is 0.118. The number of phenolic OH excluding ortho intramolecular Hbond substituents is 1. The summed E-state index contributed by atoms with van der Waals surface area (Å²) in [5.41, 5.74) is 7.58. The average Bonchev–Trinajstić information content (AvgIpc) is 2.77. The van der Waals surface area contributed by atoms with Gasteiger partial charge in [0.15, 0.2) is 0 Å². The van der Waals surface area contributed by atoms with E-state index in [1.807, 2.05) is 30.3 Å². The molecule has 0 unspecified atom stereocenters. The van der Waals surface area contributed by atoms with Crippen LogP contribution in [0.3, 0.4) is 0 Å². The molecule has 0 aliphatic carbocycles. The summed E-state index contributed by atoms with van der Waals surface area (Å²) in [6.45, 7) is -0.827. The maximum Gasteiger partial charge on any atom is 0.239 e. The molecule has 0 heterocycles. The minimum Gasteiger partial charge on any atom is -0.508 e. The van der Waals surface area contributed by atoms with E-state index in [1.165, 1.54) is 12.1 Å². The quantitative estimate of drug-likeness (QED) is 0.276. The Morgan fingerprint density at radius 1 is 0.839 bits per heavy atom. The third kappa shape index (κ3) is 8.85. The third-order valence-electron chi connectivity index (χ3n) is 4.51. The maximum absolute atomic E-state index is 12.0. The first-order chi connectivity index (χ1) is 14.9. The molecule has 0 aliphatic rings. The number of carbonyl (C=O) groups is 3. The van der Waals surface area contributed by atoms with Crippen molar-refractivity contribution in [3.05, 3.63) is 65.7 Å².